The monoisotopic (exact) mass is 469 g/mol. The maximum absolute atomic E-state index is 13.1. The smallest absolute Gasteiger partial charge is 0.256 e. The maximum Gasteiger partial charge on any atom is 0.256 e. The predicted molar refractivity (Wildman–Crippen MR) is 124 cm³/mol. The lowest BCUT2D eigenvalue weighted by Gasteiger charge is -2.30. The van der Waals surface area contributed by atoms with E-state index in [1.807, 2.05) is 18.2 Å². The molecule has 1 saturated heterocycles. The van der Waals surface area contributed by atoms with Gasteiger partial charge < -0.3 is 24.5 Å². The molecule has 0 spiro atoms. The molecule has 1 unspecified atom stereocenters. The Balaban J connectivity index is 1.52. The summed E-state index contributed by atoms with van der Waals surface area (Å²) in [6, 6.07) is 5.61. The average Bonchev–Trinajstić information content (AvgIpc) is 3.36. The van der Waals surface area contributed by atoms with Crippen molar-refractivity contribution in [3.05, 3.63) is 30.2 Å². The number of piperidine rings is 1. The van der Waals surface area contributed by atoms with Gasteiger partial charge in [-0.2, -0.15) is 9.97 Å². The molecule has 0 saturated carbocycles. The van der Waals surface area contributed by atoms with Gasteiger partial charge in [0.15, 0.2) is 0 Å². The number of hydrogen-bond donors (Lipinski definition) is 2. The van der Waals surface area contributed by atoms with Crippen LogP contribution in [-0.4, -0.2) is 68.5 Å². The number of likely N-dealkylation sites (tertiary alicyclic amines) is 1. The van der Waals surface area contributed by atoms with E-state index >= 15 is 0 Å². The van der Waals surface area contributed by atoms with Gasteiger partial charge in [0.1, 0.15) is 11.5 Å². The van der Waals surface area contributed by atoms with Gasteiger partial charge >= 0.3 is 0 Å². The summed E-state index contributed by atoms with van der Waals surface area (Å²) in [5.41, 5.74) is 3.49. The van der Waals surface area contributed by atoms with Crippen molar-refractivity contribution in [1.29, 1.82) is 0 Å². The number of alkyl halides is 2. The van der Waals surface area contributed by atoms with Gasteiger partial charge in [-0.3, -0.25) is 4.79 Å². The van der Waals surface area contributed by atoms with Crippen LogP contribution in [0.3, 0.4) is 0 Å². The van der Waals surface area contributed by atoms with Crippen molar-refractivity contribution in [1.82, 2.24) is 29.4 Å². The number of halogens is 2. The summed E-state index contributed by atoms with van der Waals surface area (Å²) < 4.78 is 33.4. The molecule has 4 heterocycles. The first-order valence-corrected chi connectivity index (χ1v) is 11.0. The number of imidazole rings is 1. The van der Waals surface area contributed by atoms with Gasteiger partial charge in [-0.15, -0.1) is 0 Å². The number of likely N-dealkylation sites (N-methyl/N-ethyl adjacent to an activating group) is 1. The molecule has 0 aliphatic carbocycles. The van der Waals surface area contributed by atoms with Gasteiger partial charge in [-0.05, 0) is 31.0 Å². The number of nitrogens with zero attached hydrogens (tertiary/aromatic N) is 5. The van der Waals surface area contributed by atoms with Gasteiger partial charge in [0.25, 0.3) is 6.43 Å². The minimum atomic E-state index is -2.48. The van der Waals surface area contributed by atoms with Crippen LogP contribution in [-0.2, 0) is 11.3 Å². The van der Waals surface area contributed by atoms with Crippen molar-refractivity contribution in [3.63, 3.8) is 0 Å². The number of aromatic nitrogens is 5. The number of rotatable bonds is 6. The number of anilines is 1. The number of hydrogen-bond acceptors (Lipinski definition) is 6. The SMILES string of the molecule is COc1nc(NC2CCC(=O)N(C)C2)nc2[nH]cc(-c3ccc4nc(C)n(CC(F)F)c4c3)c12. The number of carbonyl (C=O) groups excluding carboxylic acids is 1. The number of ether oxygens (including phenoxy) is 1. The predicted octanol–water partition coefficient (Wildman–Crippen LogP) is 3.59. The Hall–Kier alpha value is -3.76. The van der Waals surface area contributed by atoms with Gasteiger partial charge in [0.05, 0.1) is 30.1 Å². The molecular weight excluding hydrogens is 444 g/mol. The van der Waals surface area contributed by atoms with Gasteiger partial charge in [0.2, 0.25) is 17.7 Å². The first-order chi connectivity index (χ1) is 16.3. The summed E-state index contributed by atoms with van der Waals surface area (Å²) in [6.45, 7) is 1.88. The third-order valence-corrected chi connectivity index (χ3v) is 6.22. The fourth-order valence-corrected chi connectivity index (χ4v) is 4.53. The van der Waals surface area contributed by atoms with Gasteiger partial charge in [0, 0.05) is 37.8 Å². The van der Waals surface area contributed by atoms with E-state index < -0.39 is 13.0 Å². The Labute approximate surface area is 194 Å². The van der Waals surface area contributed by atoms with E-state index in [0.29, 0.717) is 59.1 Å². The zero-order chi connectivity index (χ0) is 24.0. The number of nitrogens with one attached hydrogen (secondary N) is 2. The average molecular weight is 469 g/mol. The van der Waals surface area contributed by atoms with E-state index in [9.17, 15) is 13.6 Å². The van der Waals surface area contributed by atoms with Crippen LogP contribution >= 0.6 is 0 Å². The second-order valence-electron chi connectivity index (χ2n) is 8.50. The highest BCUT2D eigenvalue weighted by Gasteiger charge is 2.24. The molecule has 1 amide bonds. The topological polar surface area (TPSA) is 101 Å². The molecule has 3 aromatic heterocycles. The number of aryl methyl sites for hydroxylation is 1. The van der Waals surface area contributed by atoms with Crippen molar-refractivity contribution >= 4 is 33.9 Å². The molecule has 1 aromatic carbocycles. The molecule has 5 rings (SSSR count). The van der Waals surface area contributed by atoms with Crippen LogP contribution in [0.5, 0.6) is 5.88 Å². The molecule has 2 N–H and O–H groups in total. The van der Waals surface area contributed by atoms with Crippen LogP contribution in [0.1, 0.15) is 18.7 Å². The van der Waals surface area contributed by atoms with E-state index in [1.54, 1.807) is 32.2 Å². The van der Waals surface area contributed by atoms with Gasteiger partial charge in [-0.1, -0.05) is 6.07 Å². The first-order valence-electron chi connectivity index (χ1n) is 11.0. The third kappa shape index (κ3) is 3.91. The van der Waals surface area contributed by atoms with E-state index in [-0.39, 0.29) is 11.9 Å². The van der Waals surface area contributed by atoms with E-state index in [4.69, 9.17) is 4.74 Å². The summed E-state index contributed by atoms with van der Waals surface area (Å²) in [5.74, 6) is 1.47. The molecule has 0 radical (unpaired) electrons. The van der Waals surface area contributed by atoms with Crippen LogP contribution in [0.4, 0.5) is 14.7 Å². The molecule has 1 atom stereocenters. The molecule has 11 heteroatoms. The van der Waals surface area contributed by atoms with Crippen LogP contribution in [0.15, 0.2) is 24.4 Å². The van der Waals surface area contributed by atoms with Crippen LogP contribution in [0.25, 0.3) is 33.2 Å². The minimum Gasteiger partial charge on any atom is -0.480 e. The molecule has 1 fully saturated rings. The lowest BCUT2D eigenvalue weighted by molar-refractivity contribution is -0.132. The fourth-order valence-electron chi connectivity index (χ4n) is 4.53. The number of benzene rings is 1. The second kappa shape index (κ2) is 8.54. The lowest BCUT2D eigenvalue weighted by Crippen LogP contribution is -2.43. The van der Waals surface area contributed by atoms with Crippen molar-refractivity contribution in [2.24, 2.45) is 0 Å². The number of aromatic amines is 1. The lowest BCUT2D eigenvalue weighted by atomic mass is 10.1. The molecular formula is C23H25F2N7O2. The van der Waals surface area contributed by atoms with Crippen LogP contribution in [0, 0.1) is 6.92 Å². The number of methoxy groups -OCH3 is 1. The van der Waals surface area contributed by atoms with Crippen molar-refractivity contribution < 1.29 is 18.3 Å². The molecule has 4 aromatic rings. The van der Waals surface area contributed by atoms with E-state index in [1.165, 1.54) is 4.57 Å². The Kier molecular flexibility index (Phi) is 5.54. The van der Waals surface area contributed by atoms with Crippen LogP contribution < -0.4 is 10.1 Å². The minimum absolute atomic E-state index is 0.0417. The highest BCUT2D eigenvalue weighted by atomic mass is 19.3. The van der Waals surface area contributed by atoms with Gasteiger partial charge in [-0.25, -0.2) is 13.8 Å². The molecule has 9 nitrogen and oxygen atoms in total. The Bertz CT molecular complexity index is 1380. The molecule has 1 aliphatic rings. The molecule has 178 valence electrons. The van der Waals surface area contributed by atoms with Crippen molar-refractivity contribution in [2.75, 3.05) is 26.0 Å². The summed E-state index contributed by atoms with van der Waals surface area (Å²) >= 11 is 0. The van der Waals surface area contributed by atoms with Crippen LogP contribution in [0.2, 0.25) is 0 Å². The Morgan fingerprint density at radius 3 is 2.85 bits per heavy atom. The highest BCUT2D eigenvalue weighted by molar-refractivity contribution is 5.99. The Morgan fingerprint density at radius 1 is 1.29 bits per heavy atom. The number of fused-ring (bicyclic) bond motifs is 2. The summed E-state index contributed by atoms with van der Waals surface area (Å²) in [6.07, 6.45) is 0.508. The number of carbonyl (C=O) groups is 1. The number of amides is 1. The third-order valence-electron chi connectivity index (χ3n) is 6.22. The molecule has 34 heavy (non-hydrogen) atoms. The summed E-state index contributed by atoms with van der Waals surface area (Å²) in [4.78, 5) is 30.2. The van der Waals surface area contributed by atoms with E-state index in [0.717, 1.165) is 11.1 Å². The van der Waals surface area contributed by atoms with E-state index in [2.05, 4.69) is 25.3 Å². The fraction of sp³-hybridized carbons (Fsp3) is 0.391. The number of H-pyrrole nitrogens is 1. The summed E-state index contributed by atoms with van der Waals surface area (Å²) in [5, 5.41) is 4.00. The molecule has 0 bridgehead atoms. The highest BCUT2D eigenvalue weighted by Crippen LogP contribution is 2.36. The normalized spacial score (nSPS) is 16.7. The van der Waals surface area contributed by atoms with Crippen molar-refractivity contribution in [3.8, 4) is 17.0 Å². The largest absolute Gasteiger partial charge is 0.480 e. The second-order valence-corrected chi connectivity index (χ2v) is 8.50. The Morgan fingerprint density at radius 2 is 2.12 bits per heavy atom. The standard InChI is InChI=1S/C23H25F2N7O2/c1-12-27-16-6-4-13(8-17(16)32(12)11-18(24)25)15-9-26-21-20(15)22(34-3)30-23(29-21)28-14-5-7-19(33)31(2)10-14/h4,6,8-9,14,18H,5,7,10-11H2,1-3H3,(H2,26,28,29,30). The zero-order valence-electron chi connectivity index (χ0n) is 19.1. The zero-order valence-corrected chi connectivity index (χ0v) is 19.1. The molecule has 1 aliphatic heterocycles. The van der Waals surface area contributed by atoms with Crippen molar-refractivity contribution in [2.45, 2.75) is 38.8 Å². The maximum atomic E-state index is 13.1. The summed E-state index contributed by atoms with van der Waals surface area (Å²) in [7, 11) is 3.32. The quantitative estimate of drug-likeness (QED) is 0.448. The first kappa shape index (κ1) is 22.1.